The van der Waals surface area contributed by atoms with Crippen LogP contribution in [-0.4, -0.2) is 28.9 Å². The summed E-state index contributed by atoms with van der Waals surface area (Å²) in [5, 5.41) is 1.20. The molecule has 5 heteroatoms. The van der Waals surface area contributed by atoms with Crippen molar-refractivity contribution in [2.45, 2.75) is 25.7 Å². The van der Waals surface area contributed by atoms with Crippen molar-refractivity contribution in [3.8, 4) is 0 Å². The fourth-order valence-electron chi connectivity index (χ4n) is 3.43. The number of anilines is 1. The lowest BCUT2D eigenvalue weighted by Crippen LogP contribution is -2.38. The summed E-state index contributed by atoms with van der Waals surface area (Å²) < 4.78 is 1.24. The first-order valence-electron chi connectivity index (χ1n) is 8.62. The van der Waals surface area contributed by atoms with Crippen molar-refractivity contribution in [3.63, 3.8) is 0 Å². The molecule has 0 atom stereocenters. The molecule has 2 heterocycles. The van der Waals surface area contributed by atoms with E-state index in [1.54, 1.807) is 17.4 Å². The van der Waals surface area contributed by atoms with Gasteiger partial charge >= 0.3 is 0 Å². The molecule has 2 N–H and O–H groups in total. The molecule has 4 nitrogen and oxygen atoms in total. The number of amides is 1. The van der Waals surface area contributed by atoms with Crippen LogP contribution in [0.25, 0.3) is 10.2 Å². The van der Waals surface area contributed by atoms with E-state index in [0.29, 0.717) is 11.6 Å². The minimum atomic E-state index is 0.0903. The van der Waals surface area contributed by atoms with E-state index >= 15 is 0 Å². The van der Waals surface area contributed by atoms with E-state index in [1.165, 1.54) is 9.71 Å². The minimum absolute atomic E-state index is 0.0903. The molecule has 0 unspecified atom stereocenters. The van der Waals surface area contributed by atoms with Crippen LogP contribution in [0.4, 0.5) is 5.69 Å². The second-order valence-electron chi connectivity index (χ2n) is 6.66. The van der Waals surface area contributed by atoms with Crippen LogP contribution in [0.1, 0.15) is 39.7 Å². The molecular weight excluding hydrogens is 330 g/mol. The van der Waals surface area contributed by atoms with Crippen LogP contribution in [0.15, 0.2) is 42.5 Å². The zero-order chi connectivity index (χ0) is 17.4. The van der Waals surface area contributed by atoms with Crippen molar-refractivity contribution >= 4 is 33.1 Å². The first-order chi connectivity index (χ1) is 12.1. The molecule has 4 rings (SSSR count). The Morgan fingerprint density at radius 3 is 2.72 bits per heavy atom. The first-order valence-corrected chi connectivity index (χ1v) is 9.44. The molecule has 128 valence electrons. The van der Waals surface area contributed by atoms with Crippen molar-refractivity contribution in [2.75, 3.05) is 18.8 Å². The molecule has 1 fully saturated rings. The van der Waals surface area contributed by atoms with Gasteiger partial charge in [-0.2, -0.15) is 0 Å². The van der Waals surface area contributed by atoms with Crippen LogP contribution in [0.2, 0.25) is 0 Å². The van der Waals surface area contributed by atoms with Gasteiger partial charge in [-0.05, 0) is 49.6 Å². The van der Waals surface area contributed by atoms with E-state index in [9.17, 15) is 4.79 Å². The average Bonchev–Trinajstić information content (AvgIpc) is 3.07. The second kappa shape index (κ2) is 6.48. The zero-order valence-electron chi connectivity index (χ0n) is 14.2. The number of aryl methyl sites for hydroxylation is 1. The predicted molar refractivity (Wildman–Crippen MR) is 103 cm³/mol. The number of para-hydroxylation sites is 1. The van der Waals surface area contributed by atoms with Gasteiger partial charge in [-0.25, -0.2) is 4.98 Å². The fraction of sp³-hybridized carbons (Fsp3) is 0.300. The summed E-state index contributed by atoms with van der Waals surface area (Å²) in [5.41, 5.74) is 9.27. The van der Waals surface area contributed by atoms with Crippen molar-refractivity contribution in [3.05, 3.63) is 58.6 Å². The van der Waals surface area contributed by atoms with Crippen LogP contribution < -0.4 is 5.73 Å². The summed E-state index contributed by atoms with van der Waals surface area (Å²) in [4.78, 5) is 19.6. The SMILES string of the molecule is Cc1ccc(N)cc1C(=O)N1CCC(c2nc3ccccc3s2)CC1. The van der Waals surface area contributed by atoms with E-state index in [4.69, 9.17) is 10.7 Å². The number of thiazole rings is 1. The summed E-state index contributed by atoms with van der Waals surface area (Å²) in [6.07, 6.45) is 1.93. The highest BCUT2D eigenvalue weighted by molar-refractivity contribution is 7.18. The van der Waals surface area contributed by atoms with Gasteiger partial charge in [0.2, 0.25) is 0 Å². The van der Waals surface area contributed by atoms with Gasteiger partial charge in [0.05, 0.1) is 15.2 Å². The van der Waals surface area contributed by atoms with Crippen LogP contribution in [0.5, 0.6) is 0 Å². The Bertz CT molecular complexity index is 893. The summed E-state index contributed by atoms with van der Waals surface area (Å²) in [7, 11) is 0. The van der Waals surface area contributed by atoms with E-state index in [2.05, 4.69) is 18.2 Å². The summed E-state index contributed by atoms with van der Waals surface area (Å²) >= 11 is 1.78. The molecule has 0 bridgehead atoms. The molecule has 0 spiro atoms. The smallest absolute Gasteiger partial charge is 0.254 e. The number of nitrogens with zero attached hydrogens (tertiary/aromatic N) is 2. The largest absolute Gasteiger partial charge is 0.399 e. The zero-order valence-corrected chi connectivity index (χ0v) is 15.1. The Morgan fingerprint density at radius 2 is 1.96 bits per heavy atom. The number of fused-ring (bicyclic) bond motifs is 1. The number of benzene rings is 2. The molecule has 2 aromatic carbocycles. The van der Waals surface area contributed by atoms with E-state index in [0.717, 1.165) is 42.6 Å². The van der Waals surface area contributed by atoms with Crippen molar-refractivity contribution in [1.82, 2.24) is 9.88 Å². The second-order valence-corrected chi connectivity index (χ2v) is 7.72. The third-order valence-electron chi connectivity index (χ3n) is 4.93. The van der Waals surface area contributed by atoms with Crippen LogP contribution in [-0.2, 0) is 0 Å². The summed E-state index contributed by atoms with van der Waals surface area (Å²) in [6.45, 7) is 3.50. The van der Waals surface area contributed by atoms with Gasteiger partial charge in [0, 0.05) is 30.3 Å². The highest BCUT2D eigenvalue weighted by Gasteiger charge is 2.27. The van der Waals surface area contributed by atoms with Crippen LogP contribution in [0, 0.1) is 6.92 Å². The lowest BCUT2D eigenvalue weighted by molar-refractivity contribution is 0.0712. The third-order valence-corrected chi connectivity index (χ3v) is 6.13. The topological polar surface area (TPSA) is 59.2 Å². The number of piperidine rings is 1. The van der Waals surface area contributed by atoms with Crippen molar-refractivity contribution in [1.29, 1.82) is 0 Å². The Balaban J connectivity index is 1.47. The predicted octanol–water partition coefficient (Wildman–Crippen LogP) is 4.21. The highest BCUT2D eigenvalue weighted by Crippen LogP contribution is 2.34. The lowest BCUT2D eigenvalue weighted by Gasteiger charge is -2.31. The number of rotatable bonds is 2. The van der Waals surface area contributed by atoms with Gasteiger partial charge in [-0.1, -0.05) is 18.2 Å². The number of nitrogen functional groups attached to an aromatic ring is 1. The number of hydrogen-bond acceptors (Lipinski definition) is 4. The average molecular weight is 351 g/mol. The molecule has 1 aliphatic heterocycles. The number of nitrogens with two attached hydrogens (primary N) is 1. The minimum Gasteiger partial charge on any atom is -0.399 e. The molecule has 0 saturated carbocycles. The van der Waals surface area contributed by atoms with Gasteiger partial charge in [0.15, 0.2) is 0 Å². The lowest BCUT2D eigenvalue weighted by atomic mass is 9.96. The maximum absolute atomic E-state index is 12.8. The highest BCUT2D eigenvalue weighted by atomic mass is 32.1. The Labute approximate surface area is 151 Å². The van der Waals surface area contributed by atoms with Gasteiger partial charge < -0.3 is 10.6 Å². The number of hydrogen-bond donors (Lipinski definition) is 1. The number of carbonyl (C=O) groups is 1. The molecule has 0 radical (unpaired) electrons. The maximum atomic E-state index is 12.8. The molecule has 1 amide bonds. The van der Waals surface area contributed by atoms with Gasteiger partial charge in [-0.3, -0.25) is 4.79 Å². The van der Waals surface area contributed by atoms with Gasteiger partial charge in [0.25, 0.3) is 5.91 Å². The Kier molecular flexibility index (Phi) is 4.17. The Hall–Kier alpha value is -2.40. The van der Waals surface area contributed by atoms with Crippen molar-refractivity contribution in [2.24, 2.45) is 0 Å². The summed E-state index contributed by atoms with van der Waals surface area (Å²) in [6, 6.07) is 13.8. The molecule has 1 saturated heterocycles. The molecule has 1 aromatic heterocycles. The maximum Gasteiger partial charge on any atom is 0.254 e. The number of carbonyl (C=O) groups excluding carboxylic acids is 1. The Morgan fingerprint density at radius 1 is 1.20 bits per heavy atom. The normalized spacial score (nSPS) is 15.6. The van der Waals surface area contributed by atoms with E-state index in [1.807, 2.05) is 30.0 Å². The standard InChI is InChI=1S/C20H21N3OS/c1-13-6-7-15(21)12-16(13)20(24)23-10-8-14(9-11-23)19-22-17-4-2-3-5-18(17)25-19/h2-7,12,14H,8-11,21H2,1H3. The molecular formula is C20H21N3OS. The molecule has 25 heavy (non-hydrogen) atoms. The van der Waals surface area contributed by atoms with E-state index in [-0.39, 0.29) is 5.91 Å². The fourth-order valence-corrected chi connectivity index (χ4v) is 4.57. The third kappa shape index (κ3) is 3.12. The van der Waals surface area contributed by atoms with E-state index < -0.39 is 0 Å². The van der Waals surface area contributed by atoms with Gasteiger partial charge in [0.1, 0.15) is 0 Å². The quantitative estimate of drug-likeness (QED) is 0.704. The van der Waals surface area contributed by atoms with Crippen molar-refractivity contribution < 1.29 is 4.79 Å². The summed E-state index contributed by atoms with van der Waals surface area (Å²) in [5.74, 6) is 0.538. The number of likely N-dealkylation sites (tertiary alicyclic amines) is 1. The van der Waals surface area contributed by atoms with Crippen LogP contribution in [0.3, 0.4) is 0 Å². The van der Waals surface area contributed by atoms with Gasteiger partial charge in [-0.15, -0.1) is 11.3 Å². The molecule has 0 aliphatic carbocycles. The monoisotopic (exact) mass is 351 g/mol. The number of aromatic nitrogens is 1. The van der Waals surface area contributed by atoms with Crippen LogP contribution >= 0.6 is 11.3 Å². The molecule has 3 aromatic rings. The molecule has 1 aliphatic rings. The first kappa shape index (κ1) is 16.1.